The average molecular weight is 378 g/mol. The van der Waals surface area contributed by atoms with Gasteiger partial charge in [0.2, 0.25) is 0 Å². The molecule has 2 rings (SSSR count). The molecule has 0 saturated carbocycles. The first kappa shape index (κ1) is 19.1. The third kappa shape index (κ3) is 5.99. The molecule has 0 spiro atoms. The van der Waals surface area contributed by atoms with E-state index in [0.29, 0.717) is 28.3 Å². The van der Waals surface area contributed by atoms with Gasteiger partial charge in [0, 0.05) is 11.3 Å². The van der Waals surface area contributed by atoms with Crippen LogP contribution < -0.4 is 15.2 Å². The summed E-state index contributed by atoms with van der Waals surface area (Å²) in [5.74, 6) is 1.81. The predicted octanol–water partition coefficient (Wildman–Crippen LogP) is 4.33. The minimum atomic E-state index is 0.393. The maximum atomic E-state index is 6.22. The van der Waals surface area contributed by atoms with Gasteiger partial charge in [0.25, 0.3) is 0 Å². The molecule has 5 nitrogen and oxygen atoms in total. The molecule has 0 radical (unpaired) electrons. The van der Waals surface area contributed by atoms with Crippen LogP contribution in [0.15, 0.2) is 52.7 Å². The highest BCUT2D eigenvalue weighted by molar-refractivity contribution is 8.13. The van der Waals surface area contributed by atoms with Crippen molar-refractivity contribution in [3.8, 4) is 11.5 Å². The molecule has 0 unspecified atom stereocenters. The van der Waals surface area contributed by atoms with E-state index in [1.807, 2.05) is 37.3 Å². The molecule has 132 valence electrons. The lowest BCUT2D eigenvalue weighted by Gasteiger charge is -2.11. The van der Waals surface area contributed by atoms with Crippen LogP contribution in [0.2, 0.25) is 5.02 Å². The Kier molecular flexibility index (Phi) is 7.63. The summed E-state index contributed by atoms with van der Waals surface area (Å²) in [5, 5.41) is 8.85. The van der Waals surface area contributed by atoms with E-state index >= 15 is 0 Å². The Morgan fingerprint density at radius 3 is 2.72 bits per heavy atom. The smallest absolute Gasteiger partial charge is 0.180 e. The highest BCUT2D eigenvalue weighted by atomic mass is 35.5. The minimum Gasteiger partial charge on any atom is -0.493 e. The van der Waals surface area contributed by atoms with E-state index in [0.717, 1.165) is 11.3 Å². The zero-order valence-electron chi connectivity index (χ0n) is 14.1. The molecule has 2 aromatic rings. The molecule has 0 heterocycles. The molecule has 0 aliphatic heterocycles. The fourth-order valence-electron chi connectivity index (χ4n) is 2.01. The van der Waals surface area contributed by atoms with Gasteiger partial charge in [-0.05, 0) is 24.6 Å². The summed E-state index contributed by atoms with van der Waals surface area (Å²) in [4.78, 5) is 0. The molecule has 7 heteroatoms. The van der Waals surface area contributed by atoms with Crippen molar-refractivity contribution in [3.63, 3.8) is 0 Å². The van der Waals surface area contributed by atoms with E-state index in [-0.39, 0.29) is 0 Å². The lowest BCUT2D eigenvalue weighted by Crippen LogP contribution is -2.06. The Balaban J connectivity index is 2.01. The molecule has 0 aromatic heterocycles. The molecule has 0 bridgehead atoms. The van der Waals surface area contributed by atoms with Crippen molar-refractivity contribution in [2.24, 2.45) is 15.9 Å². The van der Waals surface area contributed by atoms with E-state index < -0.39 is 0 Å². The van der Waals surface area contributed by atoms with Crippen molar-refractivity contribution in [3.05, 3.63) is 58.6 Å². The Labute approximate surface area is 156 Å². The predicted molar refractivity (Wildman–Crippen MR) is 106 cm³/mol. The number of thioether (sulfide) groups is 1. The van der Waals surface area contributed by atoms with Crippen LogP contribution in [-0.4, -0.2) is 25.1 Å². The van der Waals surface area contributed by atoms with Gasteiger partial charge in [0.15, 0.2) is 16.7 Å². The largest absolute Gasteiger partial charge is 0.493 e. The van der Waals surface area contributed by atoms with Gasteiger partial charge in [-0.15, -0.1) is 5.10 Å². The molecule has 0 saturated heterocycles. The number of hydrogen-bond acceptors (Lipinski definition) is 5. The summed E-state index contributed by atoms with van der Waals surface area (Å²) in [6, 6.07) is 13.6. The normalized spacial score (nSPS) is 11.7. The first-order chi connectivity index (χ1) is 12.1. The van der Waals surface area contributed by atoms with Crippen LogP contribution in [0.5, 0.6) is 11.5 Å². The molecular formula is C18H20ClN3O2S. The molecule has 0 aliphatic rings. The standard InChI is InChI=1S/C18H20ClN3O2S/c1-3-24-17-15(19)9-14(10-16(17)23-2)11-21-22-18(20)25-12-13-7-5-4-6-8-13/h4-11H,3,12H2,1-2H3,(H2,20,22). The minimum absolute atomic E-state index is 0.393. The van der Waals surface area contributed by atoms with Gasteiger partial charge in [-0.25, -0.2) is 0 Å². The molecule has 0 amide bonds. The lowest BCUT2D eigenvalue weighted by atomic mass is 10.2. The van der Waals surface area contributed by atoms with Crippen molar-refractivity contribution in [1.29, 1.82) is 0 Å². The van der Waals surface area contributed by atoms with Crippen LogP contribution in [0.3, 0.4) is 0 Å². The fraction of sp³-hybridized carbons (Fsp3) is 0.222. The van der Waals surface area contributed by atoms with Crippen LogP contribution >= 0.6 is 23.4 Å². The highest BCUT2D eigenvalue weighted by Crippen LogP contribution is 2.35. The van der Waals surface area contributed by atoms with Crippen LogP contribution in [0.1, 0.15) is 18.1 Å². The second-order valence-corrected chi connectivity index (χ2v) is 6.33. The fourth-order valence-corrected chi connectivity index (χ4v) is 2.90. The second kappa shape index (κ2) is 9.96. The molecular weight excluding hydrogens is 358 g/mol. The quantitative estimate of drug-likeness (QED) is 0.443. The number of nitrogens with two attached hydrogens (primary N) is 1. The topological polar surface area (TPSA) is 69.2 Å². The molecule has 25 heavy (non-hydrogen) atoms. The van der Waals surface area contributed by atoms with Gasteiger partial charge in [0.1, 0.15) is 0 Å². The average Bonchev–Trinajstić information content (AvgIpc) is 2.63. The van der Waals surface area contributed by atoms with Gasteiger partial charge in [0.05, 0.1) is 25.0 Å². The number of hydrogen-bond donors (Lipinski definition) is 1. The Hall–Kier alpha value is -2.18. The zero-order chi connectivity index (χ0) is 18.1. The first-order valence-electron chi connectivity index (χ1n) is 7.67. The zero-order valence-corrected chi connectivity index (χ0v) is 15.7. The van der Waals surface area contributed by atoms with Crippen LogP contribution in [-0.2, 0) is 5.75 Å². The number of nitrogens with zero attached hydrogens (tertiary/aromatic N) is 2. The monoisotopic (exact) mass is 377 g/mol. The van der Waals surface area contributed by atoms with E-state index in [4.69, 9.17) is 26.8 Å². The van der Waals surface area contributed by atoms with Gasteiger partial charge in [-0.3, -0.25) is 0 Å². The second-order valence-electron chi connectivity index (χ2n) is 4.92. The molecule has 2 N–H and O–H groups in total. The molecule has 0 atom stereocenters. The Morgan fingerprint density at radius 1 is 1.28 bits per heavy atom. The van der Waals surface area contributed by atoms with E-state index in [1.165, 1.54) is 17.3 Å². The first-order valence-corrected chi connectivity index (χ1v) is 9.04. The summed E-state index contributed by atoms with van der Waals surface area (Å²) >= 11 is 7.65. The third-order valence-electron chi connectivity index (χ3n) is 3.13. The summed E-state index contributed by atoms with van der Waals surface area (Å²) in [6.07, 6.45) is 1.57. The van der Waals surface area contributed by atoms with Crippen molar-refractivity contribution in [2.75, 3.05) is 13.7 Å². The lowest BCUT2D eigenvalue weighted by molar-refractivity contribution is 0.311. The number of methoxy groups -OCH3 is 1. The summed E-state index contributed by atoms with van der Waals surface area (Å²) in [5.41, 5.74) is 7.79. The Morgan fingerprint density at radius 2 is 2.04 bits per heavy atom. The number of amidine groups is 1. The maximum absolute atomic E-state index is 6.22. The molecule has 2 aromatic carbocycles. The number of ether oxygens (including phenoxy) is 2. The van der Waals surface area contributed by atoms with Crippen molar-refractivity contribution in [1.82, 2.24) is 0 Å². The van der Waals surface area contributed by atoms with Crippen LogP contribution in [0, 0.1) is 0 Å². The number of halogens is 1. The summed E-state index contributed by atoms with van der Waals surface area (Å²) < 4.78 is 10.8. The number of benzene rings is 2. The van der Waals surface area contributed by atoms with E-state index in [2.05, 4.69) is 10.2 Å². The molecule has 0 fully saturated rings. The van der Waals surface area contributed by atoms with Crippen LogP contribution in [0.25, 0.3) is 0 Å². The van der Waals surface area contributed by atoms with Crippen LogP contribution in [0.4, 0.5) is 0 Å². The highest BCUT2D eigenvalue weighted by Gasteiger charge is 2.10. The summed E-state index contributed by atoms with van der Waals surface area (Å²) in [7, 11) is 1.56. The van der Waals surface area contributed by atoms with Gasteiger partial charge < -0.3 is 15.2 Å². The van der Waals surface area contributed by atoms with E-state index in [9.17, 15) is 0 Å². The number of rotatable bonds is 7. The van der Waals surface area contributed by atoms with Crippen molar-refractivity contribution in [2.45, 2.75) is 12.7 Å². The molecule has 0 aliphatic carbocycles. The van der Waals surface area contributed by atoms with E-state index in [1.54, 1.807) is 25.5 Å². The third-order valence-corrected chi connectivity index (χ3v) is 4.27. The van der Waals surface area contributed by atoms with Gasteiger partial charge >= 0.3 is 0 Å². The Bertz CT molecular complexity index is 751. The van der Waals surface area contributed by atoms with Gasteiger partial charge in [-0.2, -0.15) is 5.10 Å². The summed E-state index contributed by atoms with van der Waals surface area (Å²) in [6.45, 7) is 2.39. The SMILES string of the molecule is CCOc1c(Cl)cc(C=NN=C(N)SCc2ccccc2)cc1OC. The van der Waals surface area contributed by atoms with Gasteiger partial charge in [-0.1, -0.05) is 53.7 Å². The van der Waals surface area contributed by atoms with Crippen molar-refractivity contribution < 1.29 is 9.47 Å². The maximum Gasteiger partial charge on any atom is 0.180 e. The van der Waals surface area contributed by atoms with Crippen molar-refractivity contribution >= 4 is 34.7 Å².